The van der Waals surface area contributed by atoms with Crippen molar-refractivity contribution in [2.24, 2.45) is 0 Å². The van der Waals surface area contributed by atoms with Crippen molar-refractivity contribution in [2.75, 3.05) is 0 Å². The van der Waals surface area contributed by atoms with Crippen LogP contribution in [0.2, 0.25) is 0 Å². The molecule has 0 heterocycles. The molecule has 0 aromatic heterocycles. The van der Waals surface area contributed by atoms with Gasteiger partial charge in [0, 0.05) is 11.6 Å². The molecular formula is C10H13N2+. The molecule has 0 spiro atoms. The van der Waals surface area contributed by atoms with E-state index in [0.717, 1.165) is 18.4 Å². The minimum Gasteiger partial charge on any atom is -0.0654 e. The number of unbranched alkanes of at least 4 members (excludes halogenated alkanes) is 1. The van der Waals surface area contributed by atoms with Crippen LogP contribution in [0.25, 0.3) is 4.98 Å². The second-order valence-electron chi connectivity index (χ2n) is 2.83. The number of diazo groups is 1. The normalized spacial score (nSPS) is 9.33. The number of benzene rings is 1. The Hall–Kier alpha value is -1.36. The summed E-state index contributed by atoms with van der Waals surface area (Å²) in [6, 6.07) is 7.68. The van der Waals surface area contributed by atoms with Crippen LogP contribution in [0.3, 0.4) is 0 Å². The quantitative estimate of drug-likeness (QED) is 0.623. The maximum atomic E-state index is 8.64. The molecule has 1 aromatic carbocycles. The lowest BCUT2D eigenvalue weighted by Gasteiger charge is -1.94. The van der Waals surface area contributed by atoms with Gasteiger partial charge in [-0.05, 0) is 12.8 Å². The molecule has 0 aliphatic rings. The molecule has 0 amide bonds. The minimum absolute atomic E-state index is 0.700. The first-order valence-corrected chi connectivity index (χ1v) is 4.31. The number of hydrogen-bond donors (Lipinski definition) is 0. The van der Waals surface area contributed by atoms with Crippen molar-refractivity contribution in [3.8, 4) is 0 Å². The second kappa shape index (κ2) is 4.50. The van der Waals surface area contributed by atoms with E-state index in [1.807, 2.05) is 24.3 Å². The molecule has 2 heteroatoms. The fourth-order valence-electron chi connectivity index (χ4n) is 1.19. The molecule has 0 atom stereocenters. The lowest BCUT2D eigenvalue weighted by Crippen LogP contribution is -1.83. The van der Waals surface area contributed by atoms with Gasteiger partial charge in [0.05, 0.1) is 0 Å². The van der Waals surface area contributed by atoms with Gasteiger partial charge in [-0.15, -0.1) is 0 Å². The summed E-state index contributed by atoms with van der Waals surface area (Å²) in [5, 5.41) is 8.64. The van der Waals surface area contributed by atoms with Gasteiger partial charge in [0.2, 0.25) is 5.39 Å². The van der Waals surface area contributed by atoms with Gasteiger partial charge in [0.1, 0.15) is 0 Å². The highest BCUT2D eigenvalue weighted by atomic mass is 14.8. The Kier molecular flexibility index (Phi) is 3.28. The first-order valence-electron chi connectivity index (χ1n) is 4.31. The van der Waals surface area contributed by atoms with E-state index in [9.17, 15) is 0 Å². The predicted octanol–water partition coefficient (Wildman–Crippen LogP) is 3.51. The molecule has 0 aliphatic carbocycles. The fraction of sp³-hybridized carbons (Fsp3) is 0.400. The van der Waals surface area contributed by atoms with Crippen molar-refractivity contribution < 1.29 is 0 Å². The number of nitrogens with zero attached hydrogens (tertiary/aromatic N) is 2. The summed E-state index contributed by atoms with van der Waals surface area (Å²) in [6.07, 6.45) is 3.31. The molecule has 62 valence electrons. The molecule has 0 fully saturated rings. The molecule has 0 aliphatic heterocycles. The number of rotatable bonds is 3. The summed E-state index contributed by atoms with van der Waals surface area (Å²) in [4.78, 5) is 3.22. The summed E-state index contributed by atoms with van der Waals surface area (Å²) in [7, 11) is 0. The zero-order valence-corrected chi connectivity index (χ0v) is 7.33. The lowest BCUT2D eigenvalue weighted by molar-refractivity contribution is 0.797. The first kappa shape index (κ1) is 8.73. The molecule has 1 rings (SSSR count). The topological polar surface area (TPSA) is 28.1 Å². The summed E-state index contributed by atoms with van der Waals surface area (Å²) < 4.78 is 0. The van der Waals surface area contributed by atoms with E-state index in [0.29, 0.717) is 5.69 Å². The highest BCUT2D eigenvalue weighted by Crippen LogP contribution is 2.19. The van der Waals surface area contributed by atoms with Crippen molar-refractivity contribution in [1.82, 2.24) is 0 Å². The van der Waals surface area contributed by atoms with Crippen molar-refractivity contribution in [3.63, 3.8) is 0 Å². The second-order valence-corrected chi connectivity index (χ2v) is 2.83. The van der Waals surface area contributed by atoms with Crippen LogP contribution in [0.1, 0.15) is 25.3 Å². The van der Waals surface area contributed by atoms with Gasteiger partial charge in [-0.25, -0.2) is 0 Å². The largest absolute Gasteiger partial charge is 0.388 e. The molecule has 0 radical (unpaired) electrons. The Morgan fingerprint density at radius 2 is 2.08 bits per heavy atom. The Morgan fingerprint density at radius 3 is 2.75 bits per heavy atom. The van der Waals surface area contributed by atoms with E-state index >= 15 is 0 Å². The highest BCUT2D eigenvalue weighted by Gasteiger charge is 2.10. The molecule has 2 nitrogen and oxygen atoms in total. The van der Waals surface area contributed by atoms with Crippen LogP contribution in [0.5, 0.6) is 0 Å². The number of hydrogen-bond acceptors (Lipinski definition) is 1. The molecule has 1 aromatic rings. The van der Waals surface area contributed by atoms with E-state index in [-0.39, 0.29) is 0 Å². The van der Waals surface area contributed by atoms with Crippen LogP contribution in [0.4, 0.5) is 5.69 Å². The number of aryl methyl sites for hydroxylation is 1. The smallest absolute Gasteiger partial charge is 0.0654 e. The molecule has 0 saturated heterocycles. The van der Waals surface area contributed by atoms with E-state index in [1.54, 1.807) is 0 Å². The van der Waals surface area contributed by atoms with E-state index in [2.05, 4.69) is 11.9 Å². The zero-order valence-electron chi connectivity index (χ0n) is 7.33. The predicted molar refractivity (Wildman–Crippen MR) is 49.8 cm³/mol. The Morgan fingerprint density at radius 1 is 1.33 bits per heavy atom. The maximum Gasteiger partial charge on any atom is 0.388 e. The van der Waals surface area contributed by atoms with Crippen molar-refractivity contribution >= 4 is 5.69 Å². The molecule has 12 heavy (non-hydrogen) atoms. The first-order chi connectivity index (χ1) is 5.88. The average molecular weight is 161 g/mol. The highest BCUT2D eigenvalue weighted by molar-refractivity contribution is 5.51. The third-order valence-corrected chi connectivity index (χ3v) is 1.90. The monoisotopic (exact) mass is 161 g/mol. The summed E-state index contributed by atoms with van der Waals surface area (Å²) in [5.74, 6) is 0. The third-order valence-electron chi connectivity index (χ3n) is 1.90. The van der Waals surface area contributed by atoms with Crippen molar-refractivity contribution in [1.29, 1.82) is 5.39 Å². The van der Waals surface area contributed by atoms with Crippen LogP contribution in [0.15, 0.2) is 24.3 Å². The van der Waals surface area contributed by atoms with Crippen LogP contribution >= 0.6 is 0 Å². The van der Waals surface area contributed by atoms with Crippen LogP contribution < -0.4 is 0 Å². The van der Waals surface area contributed by atoms with Crippen LogP contribution in [-0.4, -0.2) is 0 Å². The molecule has 0 unspecified atom stereocenters. The van der Waals surface area contributed by atoms with Crippen molar-refractivity contribution in [3.05, 3.63) is 34.8 Å². The van der Waals surface area contributed by atoms with Gasteiger partial charge in [-0.3, -0.25) is 0 Å². The maximum absolute atomic E-state index is 8.64. The SMILES string of the molecule is CCCCc1ccccc1[N+]#N. The lowest BCUT2D eigenvalue weighted by atomic mass is 10.1. The van der Waals surface area contributed by atoms with Gasteiger partial charge in [-0.2, -0.15) is 0 Å². The summed E-state index contributed by atoms with van der Waals surface area (Å²) in [6.45, 7) is 2.15. The molecular weight excluding hydrogens is 148 g/mol. The van der Waals surface area contributed by atoms with Gasteiger partial charge < -0.3 is 0 Å². The van der Waals surface area contributed by atoms with E-state index in [4.69, 9.17) is 5.39 Å². The molecule has 0 bridgehead atoms. The Balaban J connectivity index is 2.77. The van der Waals surface area contributed by atoms with Gasteiger partial charge >= 0.3 is 5.69 Å². The van der Waals surface area contributed by atoms with Gasteiger partial charge in [0.25, 0.3) is 0 Å². The van der Waals surface area contributed by atoms with Gasteiger partial charge in [-0.1, -0.05) is 31.5 Å². The van der Waals surface area contributed by atoms with Gasteiger partial charge in [0.15, 0.2) is 4.98 Å². The van der Waals surface area contributed by atoms with Crippen LogP contribution in [0, 0.1) is 5.39 Å². The third kappa shape index (κ3) is 2.06. The van der Waals surface area contributed by atoms with E-state index < -0.39 is 0 Å². The zero-order chi connectivity index (χ0) is 8.81. The van der Waals surface area contributed by atoms with E-state index in [1.165, 1.54) is 6.42 Å². The molecule has 0 N–H and O–H groups in total. The van der Waals surface area contributed by atoms with Crippen LogP contribution in [-0.2, 0) is 6.42 Å². The molecule has 0 saturated carbocycles. The minimum atomic E-state index is 0.700. The summed E-state index contributed by atoms with van der Waals surface area (Å²) in [5.41, 5.74) is 1.83. The van der Waals surface area contributed by atoms with Crippen molar-refractivity contribution in [2.45, 2.75) is 26.2 Å². The standard InChI is InChI=1S/C10H13N2/c1-2-3-6-9-7-4-5-8-10(9)12-11/h4-5,7-8H,2-3,6H2,1H3/q+1. The fourth-order valence-corrected chi connectivity index (χ4v) is 1.19. The Labute approximate surface area is 72.9 Å². The Bertz CT molecular complexity index is 286. The summed E-state index contributed by atoms with van der Waals surface area (Å²) >= 11 is 0. The average Bonchev–Trinajstić information content (AvgIpc) is 2.15.